The molecule has 1 rings (SSSR count). The summed E-state index contributed by atoms with van der Waals surface area (Å²) < 4.78 is 36.6. The van der Waals surface area contributed by atoms with Crippen molar-refractivity contribution in [2.24, 2.45) is 5.73 Å². The highest BCUT2D eigenvalue weighted by molar-refractivity contribution is 5.41. The van der Waals surface area contributed by atoms with Crippen LogP contribution in [-0.2, 0) is 0 Å². The van der Waals surface area contributed by atoms with Crippen molar-refractivity contribution in [3.63, 3.8) is 0 Å². The zero-order valence-electron chi connectivity index (χ0n) is 7.47. The van der Waals surface area contributed by atoms with Crippen LogP contribution in [0.3, 0.4) is 0 Å². The van der Waals surface area contributed by atoms with Gasteiger partial charge in [0.25, 0.3) is 0 Å². The molecule has 0 aliphatic rings. The van der Waals surface area contributed by atoms with Crippen LogP contribution < -0.4 is 5.73 Å². The van der Waals surface area contributed by atoms with Crippen LogP contribution in [0.5, 0.6) is 5.75 Å². The van der Waals surface area contributed by atoms with Crippen molar-refractivity contribution in [3.8, 4) is 5.75 Å². The van der Waals surface area contributed by atoms with E-state index < -0.39 is 18.0 Å². The van der Waals surface area contributed by atoms with E-state index in [0.29, 0.717) is 5.56 Å². The van der Waals surface area contributed by atoms with E-state index in [1.807, 2.05) is 0 Å². The number of halogens is 3. The van der Waals surface area contributed by atoms with Gasteiger partial charge < -0.3 is 10.8 Å². The molecule has 14 heavy (non-hydrogen) atoms. The van der Waals surface area contributed by atoms with Gasteiger partial charge in [-0.15, -0.1) is 0 Å². The van der Waals surface area contributed by atoms with Gasteiger partial charge in [0.15, 0.2) is 0 Å². The average Bonchev–Trinajstić information content (AvgIpc) is 2.07. The van der Waals surface area contributed by atoms with Crippen molar-refractivity contribution >= 4 is 0 Å². The van der Waals surface area contributed by atoms with Crippen molar-refractivity contribution in [2.45, 2.75) is 19.1 Å². The van der Waals surface area contributed by atoms with E-state index >= 15 is 0 Å². The summed E-state index contributed by atoms with van der Waals surface area (Å²) in [6.45, 7) is 1.52. The van der Waals surface area contributed by atoms with Crippen molar-refractivity contribution in [3.05, 3.63) is 29.3 Å². The van der Waals surface area contributed by atoms with Gasteiger partial charge in [-0.25, -0.2) is 0 Å². The standard InChI is InChI=1S/C9H10F3NO/c1-5-3-2-4-6(7(5)14)8(13)9(10,11)12/h2-4,8,14H,13H2,1H3/t8-/m0/s1. The molecular formula is C9H10F3NO. The molecule has 5 heteroatoms. The van der Waals surface area contributed by atoms with Gasteiger partial charge in [0.2, 0.25) is 0 Å². The molecule has 0 aliphatic carbocycles. The van der Waals surface area contributed by atoms with Crippen LogP contribution in [0.4, 0.5) is 13.2 Å². The van der Waals surface area contributed by atoms with Gasteiger partial charge in [0.05, 0.1) is 0 Å². The fourth-order valence-corrected chi connectivity index (χ4v) is 1.11. The predicted molar refractivity (Wildman–Crippen MR) is 45.8 cm³/mol. The van der Waals surface area contributed by atoms with E-state index in [-0.39, 0.29) is 5.56 Å². The second-order valence-corrected chi connectivity index (χ2v) is 3.03. The predicted octanol–water partition coefficient (Wildman–Crippen LogP) is 2.26. The highest BCUT2D eigenvalue weighted by Gasteiger charge is 2.39. The summed E-state index contributed by atoms with van der Waals surface area (Å²) in [6, 6.07) is 1.97. The molecule has 0 radical (unpaired) electrons. The number of phenols is 1. The smallest absolute Gasteiger partial charge is 0.407 e. The van der Waals surface area contributed by atoms with Gasteiger partial charge >= 0.3 is 6.18 Å². The van der Waals surface area contributed by atoms with E-state index in [4.69, 9.17) is 5.73 Å². The summed E-state index contributed by atoms with van der Waals surface area (Å²) in [4.78, 5) is 0. The Morgan fingerprint density at radius 1 is 1.36 bits per heavy atom. The van der Waals surface area contributed by atoms with Crippen LogP contribution in [0.25, 0.3) is 0 Å². The van der Waals surface area contributed by atoms with E-state index in [9.17, 15) is 18.3 Å². The Morgan fingerprint density at radius 2 is 1.93 bits per heavy atom. The third kappa shape index (κ3) is 1.98. The topological polar surface area (TPSA) is 46.2 Å². The largest absolute Gasteiger partial charge is 0.507 e. The zero-order valence-corrected chi connectivity index (χ0v) is 7.47. The molecule has 0 fully saturated rings. The number of phenolic OH excluding ortho intramolecular Hbond substituents is 1. The zero-order chi connectivity index (χ0) is 10.9. The summed E-state index contributed by atoms with van der Waals surface area (Å²) in [5, 5.41) is 9.35. The van der Waals surface area contributed by atoms with Crippen molar-refractivity contribution in [1.29, 1.82) is 0 Å². The third-order valence-corrected chi connectivity index (χ3v) is 1.96. The monoisotopic (exact) mass is 205 g/mol. The molecule has 1 aromatic rings. The Morgan fingerprint density at radius 3 is 2.43 bits per heavy atom. The van der Waals surface area contributed by atoms with E-state index in [1.165, 1.54) is 25.1 Å². The van der Waals surface area contributed by atoms with Crippen LogP contribution in [0, 0.1) is 6.92 Å². The number of hydrogen-bond donors (Lipinski definition) is 2. The molecule has 0 amide bonds. The van der Waals surface area contributed by atoms with Crippen LogP contribution in [0.2, 0.25) is 0 Å². The van der Waals surface area contributed by atoms with Crippen LogP contribution in [-0.4, -0.2) is 11.3 Å². The first-order valence-corrected chi connectivity index (χ1v) is 3.95. The summed E-state index contributed by atoms with van der Waals surface area (Å²) in [5.74, 6) is -0.391. The van der Waals surface area contributed by atoms with Crippen molar-refractivity contribution in [1.82, 2.24) is 0 Å². The number of para-hydroxylation sites is 1. The maximum Gasteiger partial charge on any atom is 0.407 e. The Kier molecular flexibility index (Phi) is 2.71. The van der Waals surface area contributed by atoms with E-state index in [1.54, 1.807) is 0 Å². The Hall–Kier alpha value is -1.23. The second kappa shape index (κ2) is 3.49. The molecule has 78 valence electrons. The number of aromatic hydroxyl groups is 1. The second-order valence-electron chi connectivity index (χ2n) is 3.03. The molecule has 0 bridgehead atoms. The van der Waals surface area contributed by atoms with Crippen LogP contribution in [0.15, 0.2) is 18.2 Å². The lowest BCUT2D eigenvalue weighted by Crippen LogP contribution is -2.28. The van der Waals surface area contributed by atoms with Crippen molar-refractivity contribution < 1.29 is 18.3 Å². The minimum absolute atomic E-state index is 0.294. The number of hydrogen-bond acceptors (Lipinski definition) is 2. The maximum atomic E-state index is 12.2. The molecule has 3 N–H and O–H groups in total. The number of nitrogens with two attached hydrogens (primary N) is 1. The summed E-state index contributed by atoms with van der Waals surface area (Å²) in [7, 11) is 0. The molecule has 0 aromatic heterocycles. The summed E-state index contributed by atoms with van der Waals surface area (Å²) in [5.41, 5.74) is 5.04. The minimum Gasteiger partial charge on any atom is -0.507 e. The van der Waals surface area contributed by atoms with Gasteiger partial charge in [0, 0.05) is 5.56 Å². The first-order chi connectivity index (χ1) is 6.34. The molecule has 0 unspecified atom stereocenters. The fraction of sp³-hybridized carbons (Fsp3) is 0.333. The average molecular weight is 205 g/mol. The maximum absolute atomic E-state index is 12.2. The van der Waals surface area contributed by atoms with Gasteiger partial charge in [-0.1, -0.05) is 18.2 Å². The molecule has 1 atom stereocenters. The molecule has 2 nitrogen and oxygen atoms in total. The number of aryl methyl sites for hydroxylation is 1. The van der Waals surface area contributed by atoms with Gasteiger partial charge in [-0.2, -0.15) is 13.2 Å². The quantitative estimate of drug-likeness (QED) is 0.738. The molecule has 0 heterocycles. The Bertz CT molecular complexity index is 335. The highest BCUT2D eigenvalue weighted by atomic mass is 19.4. The normalized spacial score (nSPS) is 14.1. The summed E-state index contributed by atoms with van der Waals surface area (Å²) in [6.07, 6.45) is -4.54. The third-order valence-electron chi connectivity index (χ3n) is 1.96. The SMILES string of the molecule is Cc1cccc([C@H](N)C(F)(F)F)c1O. The lowest BCUT2D eigenvalue weighted by Gasteiger charge is -2.17. The number of benzene rings is 1. The van der Waals surface area contributed by atoms with Gasteiger partial charge in [-0.3, -0.25) is 0 Å². The molecule has 0 spiro atoms. The van der Waals surface area contributed by atoms with E-state index in [2.05, 4.69) is 0 Å². The first kappa shape index (κ1) is 10.8. The lowest BCUT2D eigenvalue weighted by atomic mass is 10.0. The molecule has 0 aliphatic heterocycles. The highest BCUT2D eigenvalue weighted by Crippen LogP contribution is 2.35. The Balaban J connectivity index is 3.14. The lowest BCUT2D eigenvalue weighted by molar-refractivity contribution is -0.149. The molecule has 0 saturated carbocycles. The number of alkyl halides is 3. The van der Waals surface area contributed by atoms with Gasteiger partial charge in [0.1, 0.15) is 11.8 Å². The molecule has 1 aromatic carbocycles. The molecular weight excluding hydrogens is 195 g/mol. The van der Waals surface area contributed by atoms with Crippen molar-refractivity contribution in [2.75, 3.05) is 0 Å². The van der Waals surface area contributed by atoms with Crippen LogP contribution in [0.1, 0.15) is 17.2 Å². The summed E-state index contributed by atoms with van der Waals surface area (Å²) >= 11 is 0. The minimum atomic E-state index is -4.54. The Labute approximate surface area is 79.2 Å². The number of rotatable bonds is 1. The van der Waals surface area contributed by atoms with E-state index in [0.717, 1.165) is 0 Å². The van der Waals surface area contributed by atoms with Crippen LogP contribution >= 0.6 is 0 Å². The fourth-order valence-electron chi connectivity index (χ4n) is 1.11. The first-order valence-electron chi connectivity index (χ1n) is 3.95. The van der Waals surface area contributed by atoms with Gasteiger partial charge in [-0.05, 0) is 12.5 Å². The molecule has 0 saturated heterocycles.